The van der Waals surface area contributed by atoms with Gasteiger partial charge in [-0.15, -0.1) is 0 Å². The Morgan fingerprint density at radius 2 is 2.06 bits per heavy atom. The Hall–Kier alpha value is -1.40. The zero-order valence-corrected chi connectivity index (χ0v) is 10.8. The average Bonchev–Trinajstić information content (AvgIpc) is 2.27. The second kappa shape index (κ2) is 5.62. The summed E-state index contributed by atoms with van der Waals surface area (Å²) in [6, 6.07) is 9.43. The van der Waals surface area contributed by atoms with Gasteiger partial charge in [0.25, 0.3) is 0 Å². The van der Waals surface area contributed by atoms with Crippen LogP contribution in [0.25, 0.3) is 6.08 Å². The molecule has 1 aromatic carbocycles. The van der Waals surface area contributed by atoms with E-state index in [9.17, 15) is 4.79 Å². The van der Waals surface area contributed by atoms with E-state index in [1.165, 1.54) is 0 Å². The van der Waals surface area contributed by atoms with E-state index in [2.05, 4.69) is 15.9 Å². The molecular formula is C13H12BrNO. The first-order valence-electron chi connectivity index (χ1n) is 4.96. The van der Waals surface area contributed by atoms with Crippen LogP contribution >= 0.6 is 15.9 Å². The van der Waals surface area contributed by atoms with Gasteiger partial charge in [0.05, 0.1) is 5.57 Å². The number of allylic oxidation sites excluding steroid dienone is 1. The first-order chi connectivity index (χ1) is 7.56. The van der Waals surface area contributed by atoms with Gasteiger partial charge in [-0.3, -0.25) is 4.79 Å². The van der Waals surface area contributed by atoms with Gasteiger partial charge in [-0.05, 0) is 17.7 Å². The van der Waals surface area contributed by atoms with Crippen molar-refractivity contribution in [3.63, 3.8) is 0 Å². The van der Waals surface area contributed by atoms with E-state index in [-0.39, 0.29) is 17.3 Å². The number of hydrogen-bond acceptors (Lipinski definition) is 2. The topological polar surface area (TPSA) is 40.9 Å². The summed E-state index contributed by atoms with van der Waals surface area (Å²) in [6.07, 6.45) is 1.62. The van der Waals surface area contributed by atoms with Gasteiger partial charge in [-0.2, -0.15) is 5.26 Å². The maximum atomic E-state index is 11.7. The van der Waals surface area contributed by atoms with Gasteiger partial charge in [0.15, 0.2) is 5.78 Å². The van der Waals surface area contributed by atoms with Crippen molar-refractivity contribution in [3.05, 3.63) is 39.9 Å². The van der Waals surface area contributed by atoms with Crippen molar-refractivity contribution in [1.29, 1.82) is 5.26 Å². The number of benzene rings is 1. The van der Waals surface area contributed by atoms with Crippen molar-refractivity contribution in [3.8, 4) is 6.07 Å². The number of Topliss-reactive ketones (excluding diaryl/α,β-unsaturated/α-hetero) is 1. The van der Waals surface area contributed by atoms with Crippen LogP contribution in [-0.2, 0) is 4.79 Å². The SMILES string of the molecule is CC(C)C(=O)C(C#N)=Cc1ccccc1Br. The second-order valence-electron chi connectivity index (χ2n) is 3.71. The lowest BCUT2D eigenvalue weighted by molar-refractivity contribution is -0.117. The molecular weight excluding hydrogens is 266 g/mol. The predicted molar refractivity (Wildman–Crippen MR) is 67.6 cm³/mol. The lowest BCUT2D eigenvalue weighted by Crippen LogP contribution is -2.08. The van der Waals surface area contributed by atoms with Crippen LogP contribution in [0.2, 0.25) is 0 Å². The molecule has 0 heterocycles. The molecule has 0 atom stereocenters. The highest BCUT2D eigenvalue weighted by atomic mass is 79.9. The zero-order chi connectivity index (χ0) is 12.1. The van der Waals surface area contributed by atoms with Gasteiger partial charge >= 0.3 is 0 Å². The number of nitrogens with zero attached hydrogens (tertiary/aromatic N) is 1. The molecule has 0 aliphatic heterocycles. The molecule has 0 saturated carbocycles. The Morgan fingerprint density at radius 3 is 2.56 bits per heavy atom. The van der Waals surface area contributed by atoms with Gasteiger partial charge in [0.2, 0.25) is 0 Å². The zero-order valence-electron chi connectivity index (χ0n) is 9.20. The van der Waals surface area contributed by atoms with Crippen LogP contribution in [0.4, 0.5) is 0 Å². The third kappa shape index (κ3) is 3.04. The highest BCUT2D eigenvalue weighted by Crippen LogP contribution is 2.19. The molecule has 0 N–H and O–H groups in total. The molecule has 82 valence electrons. The smallest absolute Gasteiger partial charge is 0.175 e. The lowest BCUT2D eigenvalue weighted by atomic mass is 10.00. The summed E-state index contributed by atoms with van der Waals surface area (Å²) in [7, 11) is 0. The van der Waals surface area contributed by atoms with Crippen molar-refractivity contribution in [2.75, 3.05) is 0 Å². The molecule has 0 bridgehead atoms. The third-order valence-electron chi connectivity index (χ3n) is 2.12. The maximum Gasteiger partial charge on any atom is 0.175 e. The molecule has 2 nitrogen and oxygen atoms in total. The molecule has 3 heteroatoms. The Kier molecular flexibility index (Phi) is 4.45. The average molecular weight is 278 g/mol. The van der Waals surface area contributed by atoms with Gasteiger partial charge < -0.3 is 0 Å². The van der Waals surface area contributed by atoms with E-state index in [1.807, 2.05) is 30.3 Å². The van der Waals surface area contributed by atoms with Gasteiger partial charge in [0.1, 0.15) is 6.07 Å². The van der Waals surface area contributed by atoms with Crippen molar-refractivity contribution in [1.82, 2.24) is 0 Å². The summed E-state index contributed by atoms with van der Waals surface area (Å²) in [4.78, 5) is 11.7. The summed E-state index contributed by atoms with van der Waals surface area (Å²) in [5.41, 5.74) is 1.04. The Labute approximate surface area is 104 Å². The van der Waals surface area contributed by atoms with Crippen LogP contribution in [0.15, 0.2) is 34.3 Å². The quantitative estimate of drug-likeness (QED) is 0.626. The maximum absolute atomic E-state index is 11.7. The standard InChI is InChI=1S/C13H12BrNO/c1-9(2)13(16)11(8-15)7-10-5-3-4-6-12(10)14/h3-7,9H,1-2H3. The Bertz CT molecular complexity index is 469. The van der Waals surface area contributed by atoms with E-state index in [0.717, 1.165) is 10.0 Å². The minimum Gasteiger partial charge on any atom is -0.293 e. The molecule has 0 radical (unpaired) electrons. The number of carbonyl (C=O) groups excluding carboxylic acids is 1. The number of nitriles is 1. The summed E-state index contributed by atoms with van der Waals surface area (Å²) >= 11 is 3.37. The summed E-state index contributed by atoms with van der Waals surface area (Å²) < 4.78 is 0.874. The summed E-state index contributed by atoms with van der Waals surface area (Å²) in [5.74, 6) is -0.286. The van der Waals surface area contributed by atoms with Crippen LogP contribution in [0.5, 0.6) is 0 Å². The van der Waals surface area contributed by atoms with Gasteiger partial charge in [-0.1, -0.05) is 48.0 Å². The molecule has 0 aromatic heterocycles. The highest BCUT2D eigenvalue weighted by molar-refractivity contribution is 9.10. The largest absolute Gasteiger partial charge is 0.293 e. The molecule has 0 saturated heterocycles. The van der Waals surface area contributed by atoms with Crippen LogP contribution in [0.1, 0.15) is 19.4 Å². The number of rotatable bonds is 3. The molecule has 0 unspecified atom stereocenters. The van der Waals surface area contributed by atoms with Crippen molar-refractivity contribution < 1.29 is 4.79 Å². The Morgan fingerprint density at radius 1 is 1.44 bits per heavy atom. The number of ketones is 1. The first-order valence-corrected chi connectivity index (χ1v) is 5.76. The molecule has 0 amide bonds. The fraction of sp³-hybridized carbons (Fsp3) is 0.231. The van der Waals surface area contributed by atoms with Crippen molar-refractivity contribution in [2.24, 2.45) is 5.92 Å². The van der Waals surface area contributed by atoms with Gasteiger partial charge in [-0.25, -0.2) is 0 Å². The number of halogens is 1. The van der Waals surface area contributed by atoms with E-state index < -0.39 is 0 Å². The molecule has 1 rings (SSSR count). The van der Waals surface area contributed by atoms with Crippen LogP contribution in [0, 0.1) is 17.2 Å². The summed E-state index contributed by atoms with van der Waals surface area (Å²) in [6.45, 7) is 3.57. The van der Waals surface area contributed by atoms with E-state index >= 15 is 0 Å². The second-order valence-corrected chi connectivity index (χ2v) is 4.56. The monoisotopic (exact) mass is 277 g/mol. The first kappa shape index (κ1) is 12.7. The minimum atomic E-state index is -0.159. The molecule has 0 spiro atoms. The van der Waals surface area contributed by atoms with E-state index in [4.69, 9.17) is 5.26 Å². The highest BCUT2D eigenvalue weighted by Gasteiger charge is 2.13. The summed E-state index contributed by atoms with van der Waals surface area (Å²) in [5, 5.41) is 8.94. The van der Waals surface area contributed by atoms with Crippen molar-refractivity contribution in [2.45, 2.75) is 13.8 Å². The number of carbonyl (C=O) groups is 1. The predicted octanol–water partition coefficient (Wildman–Crippen LogP) is 3.58. The molecule has 16 heavy (non-hydrogen) atoms. The Balaban J connectivity index is 3.12. The van der Waals surface area contributed by atoms with Crippen LogP contribution in [-0.4, -0.2) is 5.78 Å². The number of hydrogen-bond donors (Lipinski definition) is 0. The minimum absolute atomic E-state index is 0.127. The lowest BCUT2D eigenvalue weighted by Gasteiger charge is -2.03. The molecule has 0 aliphatic carbocycles. The van der Waals surface area contributed by atoms with Crippen molar-refractivity contribution >= 4 is 27.8 Å². The molecule has 0 fully saturated rings. The third-order valence-corrected chi connectivity index (χ3v) is 2.84. The van der Waals surface area contributed by atoms with Gasteiger partial charge in [0, 0.05) is 10.4 Å². The fourth-order valence-electron chi connectivity index (χ4n) is 1.22. The van der Waals surface area contributed by atoms with E-state index in [0.29, 0.717) is 0 Å². The normalized spacial score (nSPS) is 11.3. The molecule has 1 aromatic rings. The van der Waals surface area contributed by atoms with Crippen LogP contribution in [0.3, 0.4) is 0 Å². The fourth-order valence-corrected chi connectivity index (χ4v) is 1.62. The van der Waals surface area contributed by atoms with E-state index in [1.54, 1.807) is 19.9 Å². The van der Waals surface area contributed by atoms with Crippen LogP contribution < -0.4 is 0 Å². The molecule has 0 aliphatic rings.